The van der Waals surface area contributed by atoms with Crippen LogP contribution in [0, 0.1) is 12.7 Å². The van der Waals surface area contributed by atoms with Crippen molar-refractivity contribution in [2.45, 2.75) is 13.3 Å². The second-order valence-corrected chi connectivity index (χ2v) is 9.38. The van der Waals surface area contributed by atoms with Crippen molar-refractivity contribution in [3.63, 3.8) is 0 Å². The maximum absolute atomic E-state index is 15.1. The van der Waals surface area contributed by atoms with Crippen molar-refractivity contribution in [1.82, 2.24) is 24.8 Å². The first-order valence-corrected chi connectivity index (χ1v) is 12.6. The highest BCUT2D eigenvalue weighted by Gasteiger charge is 2.19. The van der Waals surface area contributed by atoms with E-state index in [4.69, 9.17) is 19.9 Å². The van der Waals surface area contributed by atoms with E-state index >= 15 is 4.39 Å². The molecule has 0 bridgehead atoms. The second-order valence-electron chi connectivity index (χ2n) is 9.38. The molecule has 3 heterocycles. The summed E-state index contributed by atoms with van der Waals surface area (Å²) >= 11 is 0. The lowest BCUT2D eigenvalue weighted by Crippen LogP contribution is -2.49. The predicted octanol–water partition coefficient (Wildman–Crippen LogP) is 3.23. The number of fused-ring (bicyclic) bond motifs is 2. The number of methoxy groups -OCH3 is 1. The van der Waals surface area contributed by atoms with Crippen molar-refractivity contribution < 1.29 is 23.4 Å². The maximum Gasteiger partial charge on any atom is 0.231 e. The molecular weight excluding hydrogens is 491 g/mol. The van der Waals surface area contributed by atoms with Gasteiger partial charge in [-0.05, 0) is 37.6 Å². The van der Waals surface area contributed by atoms with E-state index in [1.54, 1.807) is 37.4 Å². The molecule has 1 amide bonds. The van der Waals surface area contributed by atoms with E-state index in [9.17, 15) is 4.79 Å². The Balaban J connectivity index is 1.25. The number of primary amides is 1. The minimum Gasteiger partial charge on any atom is -0.493 e. The van der Waals surface area contributed by atoms with E-state index < -0.39 is 5.82 Å². The third-order valence-electron chi connectivity index (χ3n) is 6.65. The van der Waals surface area contributed by atoms with Crippen LogP contribution >= 0.6 is 0 Å². The minimum absolute atomic E-state index is 0.0752. The van der Waals surface area contributed by atoms with Crippen LogP contribution < -0.4 is 19.9 Å². The number of hydrogen-bond acceptors (Lipinski definition) is 8. The van der Waals surface area contributed by atoms with E-state index in [0.717, 1.165) is 44.8 Å². The number of aromatic amines is 1. The maximum atomic E-state index is 15.1. The number of rotatable bonds is 10. The molecule has 0 unspecified atom stereocenters. The van der Waals surface area contributed by atoms with Crippen molar-refractivity contribution in [3.8, 4) is 23.1 Å². The number of carbonyl (C=O) groups excluding carboxylic acids is 1. The number of nitrogens with one attached hydrogen (secondary N) is 1. The van der Waals surface area contributed by atoms with Gasteiger partial charge in [0.05, 0.1) is 31.2 Å². The van der Waals surface area contributed by atoms with Crippen molar-refractivity contribution in [2.75, 3.05) is 53.0 Å². The summed E-state index contributed by atoms with van der Waals surface area (Å²) in [6.45, 7) is 7.01. The number of halogens is 1. The third-order valence-corrected chi connectivity index (χ3v) is 6.65. The van der Waals surface area contributed by atoms with Gasteiger partial charge < -0.3 is 29.8 Å². The monoisotopic (exact) mass is 522 g/mol. The molecule has 2 aromatic carbocycles. The number of aromatic nitrogens is 3. The molecule has 1 aliphatic rings. The molecule has 1 fully saturated rings. The molecule has 10 nitrogen and oxygen atoms in total. The fraction of sp³-hybridized carbons (Fsp3) is 0.370. The Labute approximate surface area is 219 Å². The highest BCUT2D eigenvalue weighted by Crippen LogP contribution is 2.37. The highest BCUT2D eigenvalue weighted by atomic mass is 19.1. The van der Waals surface area contributed by atoms with Crippen LogP contribution in [-0.2, 0) is 4.79 Å². The van der Waals surface area contributed by atoms with Gasteiger partial charge in [0.2, 0.25) is 11.8 Å². The van der Waals surface area contributed by atoms with Gasteiger partial charge in [-0.25, -0.2) is 14.4 Å². The van der Waals surface area contributed by atoms with Crippen molar-refractivity contribution in [1.29, 1.82) is 0 Å². The molecule has 0 aliphatic carbocycles. The third kappa shape index (κ3) is 5.63. The summed E-state index contributed by atoms with van der Waals surface area (Å²) in [4.78, 5) is 27.2. The fourth-order valence-corrected chi connectivity index (χ4v) is 4.73. The van der Waals surface area contributed by atoms with Gasteiger partial charge in [0.1, 0.15) is 6.33 Å². The van der Waals surface area contributed by atoms with Crippen LogP contribution in [-0.4, -0.2) is 83.6 Å². The van der Waals surface area contributed by atoms with Crippen LogP contribution in [0.15, 0.2) is 36.7 Å². The summed E-state index contributed by atoms with van der Waals surface area (Å²) in [5.41, 5.74) is 7.45. The summed E-state index contributed by atoms with van der Waals surface area (Å²) < 4.78 is 32.6. The first-order chi connectivity index (χ1) is 18.4. The van der Waals surface area contributed by atoms with Crippen molar-refractivity contribution >= 4 is 27.7 Å². The Morgan fingerprint density at radius 3 is 2.61 bits per heavy atom. The Hall–Kier alpha value is -3.96. The molecule has 38 heavy (non-hydrogen) atoms. The van der Waals surface area contributed by atoms with Crippen molar-refractivity contribution in [2.24, 2.45) is 5.73 Å². The summed E-state index contributed by atoms with van der Waals surface area (Å²) in [5, 5.41) is 1.04. The Morgan fingerprint density at radius 1 is 1.05 bits per heavy atom. The lowest BCUT2D eigenvalue weighted by atomic mass is 10.2. The van der Waals surface area contributed by atoms with Gasteiger partial charge in [-0.2, -0.15) is 0 Å². The van der Waals surface area contributed by atoms with E-state index in [2.05, 4.69) is 24.8 Å². The van der Waals surface area contributed by atoms with Crippen LogP contribution in [0.5, 0.6) is 23.1 Å². The van der Waals surface area contributed by atoms with E-state index in [1.807, 2.05) is 6.92 Å². The van der Waals surface area contributed by atoms with E-state index in [1.165, 1.54) is 6.33 Å². The van der Waals surface area contributed by atoms with Gasteiger partial charge in [-0.3, -0.25) is 9.69 Å². The molecular formula is C27H31FN6O4. The molecule has 0 saturated carbocycles. The predicted molar refractivity (Wildman–Crippen MR) is 141 cm³/mol. The smallest absolute Gasteiger partial charge is 0.231 e. The number of benzene rings is 2. The molecule has 11 heteroatoms. The normalized spacial score (nSPS) is 14.7. The number of nitrogens with zero attached hydrogens (tertiary/aromatic N) is 4. The number of hydrogen-bond donors (Lipinski definition) is 2. The zero-order valence-corrected chi connectivity index (χ0v) is 21.5. The quantitative estimate of drug-likeness (QED) is 0.305. The van der Waals surface area contributed by atoms with E-state index in [-0.39, 0.29) is 17.5 Å². The number of carbonyl (C=O) groups is 1. The van der Waals surface area contributed by atoms with Gasteiger partial charge in [0.15, 0.2) is 23.1 Å². The summed E-state index contributed by atoms with van der Waals surface area (Å²) in [7, 11) is 1.56. The second kappa shape index (κ2) is 11.2. The van der Waals surface area contributed by atoms with Gasteiger partial charge in [0.25, 0.3) is 0 Å². The highest BCUT2D eigenvalue weighted by molar-refractivity contribution is 5.87. The van der Waals surface area contributed by atoms with Crippen LogP contribution in [0.25, 0.3) is 21.8 Å². The standard InChI is InChI=1S/C27H31FN6O4/c1-17-12-18-20(32-17)4-5-22(26(18)28)38-27-19-13-23(36-2)24(14-21(19)30-16-31-27)37-11-3-6-33-7-9-34(10-8-33)15-25(29)35/h4-5,12-14,16,32H,3,6-11,15H2,1-2H3,(H2,29,35). The molecule has 1 aliphatic heterocycles. The number of H-pyrrole nitrogens is 1. The Morgan fingerprint density at radius 2 is 1.84 bits per heavy atom. The molecule has 2 aromatic heterocycles. The van der Waals surface area contributed by atoms with E-state index in [0.29, 0.717) is 46.5 Å². The number of piperazine rings is 1. The molecule has 0 radical (unpaired) electrons. The van der Waals surface area contributed by atoms with Gasteiger partial charge in [-0.1, -0.05) is 0 Å². The van der Waals surface area contributed by atoms with Crippen molar-refractivity contribution in [3.05, 3.63) is 48.2 Å². The summed E-state index contributed by atoms with van der Waals surface area (Å²) in [5.74, 6) is 0.619. The average molecular weight is 523 g/mol. The largest absolute Gasteiger partial charge is 0.493 e. The average Bonchev–Trinajstić information content (AvgIpc) is 3.29. The van der Waals surface area contributed by atoms with Crippen LogP contribution in [0.3, 0.4) is 0 Å². The van der Waals surface area contributed by atoms with Gasteiger partial charge >= 0.3 is 0 Å². The zero-order valence-electron chi connectivity index (χ0n) is 21.5. The van der Waals surface area contributed by atoms with Crippen LogP contribution in [0.1, 0.15) is 12.1 Å². The minimum atomic E-state index is -0.459. The molecule has 5 rings (SSSR count). The molecule has 1 saturated heterocycles. The SMILES string of the molecule is COc1cc2c(Oc3ccc4[nH]c(C)cc4c3F)ncnc2cc1OCCCN1CCN(CC(N)=O)CC1. The number of ether oxygens (including phenoxy) is 3. The lowest BCUT2D eigenvalue weighted by Gasteiger charge is -2.33. The number of nitrogens with two attached hydrogens (primary N) is 1. The summed E-state index contributed by atoms with van der Waals surface area (Å²) in [6, 6.07) is 8.62. The zero-order chi connectivity index (χ0) is 26.6. The number of aryl methyl sites for hydroxylation is 1. The molecule has 4 aromatic rings. The van der Waals surface area contributed by atoms with Crippen LogP contribution in [0.4, 0.5) is 4.39 Å². The topological polar surface area (TPSA) is 119 Å². The first-order valence-electron chi connectivity index (χ1n) is 12.6. The molecule has 3 N–H and O–H groups in total. The van der Waals surface area contributed by atoms with Gasteiger partial charge in [-0.15, -0.1) is 0 Å². The fourth-order valence-electron chi connectivity index (χ4n) is 4.73. The Kier molecular flexibility index (Phi) is 7.57. The lowest BCUT2D eigenvalue weighted by molar-refractivity contribution is -0.119. The van der Waals surface area contributed by atoms with Crippen LogP contribution in [0.2, 0.25) is 0 Å². The van der Waals surface area contributed by atoms with Gasteiger partial charge in [0, 0.05) is 55.4 Å². The molecule has 0 spiro atoms. The first kappa shape index (κ1) is 25.7. The number of amides is 1. The summed E-state index contributed by atoms with van der Waals surface area (Å²) in [6.07, 6.45) is 2.21. The molecule has 0 atom stereocenters. The molecule has 200 valence electrons. The Bertz CT molecular complexity index is 1450.